The Morgan fingerprint density at radius 3 is 2.58 bits per heavy atom. The SMILES string of the molecule is CN(c1ncccc1Cn1ccc2cnc(Nc3ccc(NC4CCNCC4)cc3)nc21)S(C)(=O)=O. The summed E-state index contributed by atoms with van der Waals surface area (Å²) < 4.78 is 27.3. The molecule has 3 aromatic heterocycles. The van der Waals surface area contributed by atoms with Crippen molar-refractivity contribution in [3.8, 4) is 0 Å². The van der Waals surface area contributed by atoms with Crippen LogP contribution in [0.3, 0.4) is 0 Å². The molecule has 1 saturated heterocycles. The van der Waals surface area contributed by atoms with Gasteiger partial charge in [0.1, 0.15) is 11.5 Å². The predicted molar refractivity (Wildman–Crippen MR) is 143 cm³/mol. The smallest absolute Gasteiger partial charge is 0.233 e. The van der Waals surface area contributed by atoms with E-state index in [4.69, 9.17) is 4.98 Å². The van der Waals surface area contributed by atoms with Gasteiger partial charge in [0.15, 0.2) is 0 Å². The number of rotatable bonds is 8. The minimum Gasteiger partial charge on any atom is -0.382 e. The Labute approximate surface area is 210 Å². The van der Waals surface area contributed by atoms with Gasteiger partial charge < -0.3 is 20.5 Å². The van der Waals surface area contributed by atoms with Crippen LogP contribution in [0.2, 0.25) is 0 Å². The number of sulfonamides is 1. The predicted octanol–water partition coefficient (Wildman–Crippen LogP) is 3.18. The molecule has 4 aromatic rings. The number of benzene rings is 1. The molecule has 11 heteroatoms. The Kier molecular flexibility index (Phi) is 6.75. The van der Waals surface area contributed by atoms with E-state index in [-0.39, 0.29) is 0 Å². The fourth-order valence-electron chi connectivity index (χ4n) is 4.32. The molecule has 1 aliphatic rings. The molecule has 1 fully saturated rings. The molecule has 0 spiro atoms. The van der Waals surface area contributed by atoms with E-state index >= 15 is 0 Å². The topological polar surface area (TPSA) is 117 Å². The number of nitrogens with zero attached hydrogens (tertiary/aromatic N) is 5. The molecular formula is C25H30N8O2S. The fourth-order valence-corrected chi connectivity index (χ4v) is 4.80. The van der Waals surface area contributed by atoms with E-state index in [1.807, 2.05) is 35.0 Å². The van der Waals surface area contributed by atoms with E-state index in [0.29, 0.717) is 24.4 Å². The second kappa shape index (κ2) is 10.1. The first-order chi connectivity index (χ1) is 17.4. The van der Waals surface area contributed by atoms with Gasteiger partial charge in [-0.15, -0.1) is 0 Å². The number of piperidine rings is 1. The van der Waals surface area contributed by atoms with Crippen LogP contribution in [0.1, 0.15) is 18.4 Å². The Morgan fingerprint density at radius 1 is 1.08 bits per heavy atom. The summed E-state index contributed by atoms with van der Waals surface area (Å²) in [5, 5.41) is 11.2. The van der Waals surface area contributed by atoms with E-state index in [0.717, 1.165) is 60.2 Å². The second-order valence-electron chi connectivity index (χ2n) is 9.00. The number of nitrogens with one attached hydrogen (secondary N) is 3. The lowest BCUT2D eigenvalue weighted by Crippen LogP contribution is -2.35. The molecule has 4 heterocycles. The Morgan fingerprint density at radius 2 is 1.83 bits per heavy atom. The molecule has 1 aromatic carbocycles. The summed E-state index contributed by atoms with van der Waals surface area (Å²) in [6.45, 7) is 2.52. The number of hydrogen-bond donors (Lipinski definition) is 3. The minimum atomic E-state index is -3.43. The highest BCUT2D eigenvalue weighted by atomic mass is 32.2. The van der Waals surface area contributed by atoms with Crippen molar-refractivity contribution in [2.24, 2.45) is 0 Å². The van der Waals surface area contributed by atoms with Gasteiger partial charge >= 0.3 is 0 Å². The molecule has 0 radical (unpaired) electrons. The van der Waals surface area contributed by atoms with E-state index in [1.165, 1.54) is 11.4 Å². The zero-order valence-electron chi connectivity index (χ0n) is 20.3. The highest BCUT2D eigenvalue weighted by Gasteiger charge is 2.18. The van der Waals surface area contributed by atoms with Gasteiger partial charge in [-0.05, 0) is 62.3 Å². The molecule has 1 aliphatic heterocycles. The zero-order chi connectivity index (χ0) is 25.1. The molecule has 0 saturated carbocycles. The van der Waals surface area contributed by atoms with E-state index in [9.17, 15) is 8.42 Å². The van der Waals surface area contributed by atoms with Crippen LogP contribution in [0.25, 0.3) is 11.0 Å². The van der Waals surface area contributed by atoms with E-state index in [1.54, 1.807) is 18.5 Å². The third kappa shape index (κ3) is 5.42. The van der Waals surface area contributed by atoms with E-state index < -0.39 is 10.0 Å². The lowest BCUT2D eigenvalue weighted by atomic mass is 10.1. The molecular weight excluding hydrogens is 476 g/mol. The zero-order valence-corrected chi connectivity index (χ0v) is 21.2. The highest BCUT2D eigenvalue weighted by molar-refractivity contribution is 7.92. The Balaban J connectivity index is 1.33. The van der Waals surface area contributed by atoms with Crippen molar-refractivity contribution in [3.05, 3.63) is 66.6 Å². The molecule has 10 nitrogen and oxygen atoms in total. The fraction of sp³-hybridized carbons (Fsp3) is 0.320. The average molecular weight is 507 g/mol. The summed E-state index contributed by atoms with van der Waals surface area (Å²) in [6.07, 6.45) is 8.70. The van der Waals surface area contributed by atoms with Crippen LogP contribution >= 0.6 is 0 Å². The summed E-state index contributed by atoms with van der Waals surface area (Å²) in [5.74, 6) is 0.883. The van der Waals surface area contributed by atoms with Gasteiger partial charge in [0.05, 0.1) is 12.8 Å². The van der Waals surface area contributed by atoms with Crippen LogP contribution in [0, 0.1) is 0 Å². The minimum absolute atomic E-state index is 0.396. The third-order valence-electron chi connectivity index (χ3n) is 6.36. The monoisotopic (exact) mass is 506 g/mol. The van der Waals surface area contributed by atoms with Gasteiger partial charge in [0.25, 0.3) is 0 Å². The maximum Gasteiger partial charge on any atom is 0.233 e. The van der Waals surface area contributed by atoms with Crippen molar-refractivity contribution in [1.82, 2.24) is 24.8 Å². The van der Waals surface area contributed by atoms with Crippen LogP contribution in [-0.2, 0) is 16.6 Å². The van der Waals surface area contributed by atoms with Crippen molar-refractivity contribution in [2.75, 3.05) is 41.3 Å². The van der Waals surface area contributed by atoms with Gasteiger partial charge in [0, 0.05) is 54.0 Å². The summed E-state index contributed by atoms with van der Waals surface area (Å²) >= 11 is 0. The van der Waals surface area contributed by atoms with Gasteiger partial charge in [-0.1, -0.05) is 6.07 Å². The lowest BCUT2D eigenvalue weighted by molar-refractivity contribution is 0.479. The number of anilines is 4. The summed E-state index contributed by atoms with van der Waals surface area (Å²) in [4.78, 5) is 13.5. The standard InChI is InChI=1S/C25H30N8O2S/c1-32(36(2,34)35)23-19(4-3-12-27-23)17-33-15-11-18-16-28-25(31-24(18)33)30-21-7-5-20(6-8-21)29-22-9-13-26-14-10-22/h3-8,11-12,15-16,22,26,29H,9-10,13-14,17H2,1-2H3,(H,28,30,31). The molecule has 0 atom stereocenters. The first-order valence-corrected chi connectivity index (χ1v) is 13.8. The largest absolute Gasteiger partial charge is 0.382 e. The summed E-state index contributed by atoms with van der Waals surface area (Å²) in [6, 6.07) is 14.3. The maximum absolute atomic E-state index is 12.1. The van der Waals surface area contributed by atoms with Crippen molar-refractivity contribution < 1.29 is 8.42 Å². The molecule has 0 aliphatic carbocycles. The van der Waals surface area contributed by atoms with Crippen molar-refractivity contribution in [2.45, 2.75) is 25.4 Å². The molecule has 3 N–H and O–H groups in total. The quantitative estimate of drug-likeness (QED) is 0.334. The molecule has 0 unspecified atom stereocenters. The molecule has 0 bridgehead atoms. The first-order valence-electron chi connectivity index (χ1n) is 11.9. The first kappa shape index (κ1) is 24.0. The average Bonchev–Trinajstić information content (AvgIpc) is 3.27. The second-order valence-corrected chi connectivity index (χ2v) is 11.0. The van der Waals surface area contributed by atoms with Gasteiger partial charge in [-0.3, -0.25) is 4.31 Å². The Bertz CT molecular complexity index is 1450. The highest BCUT2D eigenvalue weighted by Crippen LogP contribution is 2.24. The van der Waals surface area contributed by atoms with Crippen molar-refractivity contribution >= 4 is 44.2 Å². The number of pyridine rings is 1. The van der Waals surface area contributed by atoms with Gasteiger partial charge in [0.2, 0.25) is 16.0 Å². The van der Waals surface area contributed by atoms with Crippen molar-refractivity contribution in [1.29, 1.82) is 0 Å². The number of fused-ring (bicyclic) bond motifs is 1. The molecule has 36 heavy (non-hydrogen) atoms. The molecule has 5 rings (SSSR count). The number of aromatic nitrogens is 4. The number of hydrogen-bond acceptors (Lipinski definition) is 8. The summed E-state index contributed by atoms with van der Waals surface area (Å²) in [5.41, 5.74) is 3.51. The lowest BCUT2D eigenvalue weighted by Gasteiger charge is -2.24. The van der Waals surface area contributed by atoms with Gasteiger partial charge in [-0.25, -0.2) is 18.4 Å². The van der Waals surface area contributed by atoms with Crippen LogP contribution < -0.4 is 20.3 Å². The Hall–Kier alpha value is -3.70. The van der Waals surface area contributed by atoms with Crippen LogP contribution in [0.15, 0.2) is 61.1 Å². The van der Waals surface area contributed by atoms with Gasteiger partial charge in [-0.2, -0.15) is 4.98 Å². The van der Waals surface area contributed by atoms with Crippen LogP contribution in [0.5, 0.6) is 0 Å². The van der Waals surface area contributed by atoms with Crippen LogP contribution in [-0.4, -0.2) is 60.4 Å². The normalized spacial score (nSPS) is 14.6. The maximum atomic E-state index is 12.1. The third-order valence-corrected chi connectivity index (χ3v) is 7.52. The van der Waals surface area contributed by atoms with Crippen LogP contribution in [0.4, 0.5) is 23.1 Å². The molecule has 188 valence electrons. The van der Waals surface area contributed by atoms with Crippen molar-refractivity contribution in [3.63, 3.8) is 0 Å². The summed E-state index contributed by atoms with van der Waals surface area (Å²) in [7, 11) is -1.93. The molecule has 0 amide bonds. The van der Waals surface area contributed by atoms with E-state index in [2.05, 4.69) is 38.1 Å².